The molecule has 5 aromatic heterocycles. The van der Waals surface area contributed by atoms with Gasteiger partial charge in [-0.15, -0.1) is 16.4 Å². The number of nitrogens with zero attached hydrogens (tertiary/aromatic N) is 4. The Bertz CT molecular complexity index is 4450. The average molecular weight is 880 g/mol. The first-order valence-electron chi connectivity index (χ1n) is 23.4. The molecular weight excluding hydrogens is 843 g/mol. The van der Waals surface area contributed by atoms with Crippen LogP contribution in [0.2, 0.25) is 0 Å². The van der Waals surface area contributed by atoms with Gasteiger partial charge >= 0.3 is 0 Å². The van der Waals surface area contributed by atoms with E-state index in [1.54, 1.807) is 0 Å². The summed E-state index contributed by atoms with van der Waals surface area (Å²) in [6, 6.07) is 57.1. The molecule has 9 aromatic carbocycles. The van der Waals surface area contributed by atoms with E-state index < -0.39 is 0 Å². The largest absolute Gasteiger partial charge is 0.456 e. The minimum atomic E-state index is 0.565. The van der Waals surface area contributed by atoms with Crippen LogP contribution in [0.4, 0.5) is 0 Å². The van der Waals surface area contributed by atoms with Crippen molar-refractivity contribution in [3.05, 3.63) is 164 Å². The lowest BCUT2D eigenvalue weighted by Gasteiger charge is -2.20. The van der Waals surface area contributed by atoms with Crippen molar-refractivity contribution in [3.8, 4) is 51.0 Å². The molecule has 0 amide bonds. The molecule has 0 aliphatic heterocycles. The van der Waals surface area contributed by atoms with Crippen LogP contribution in [0.1, 0.15) is 0 Å². The van der Waals surface area contributed by atoms with Gasteiger partial charge in [-0.2, -0.15) is 0 Å². The summed E-state index contributed by atoms with van der Waals surface area (Å²) in [5.41, 5.74) is 19.0. The zero-order valence-electron chi connectivity index (χ0n) is 38.6. The number of fused-ring (bicyclic) bond motifs is 12. The standard InChI is InChI=1S/C57H37B5N4O3/c58-49-48(50(59)52(61)53(62)51(49)60)57-64-55(29-18-21-35-34-11-3-7-15-42(34)67-45(35)26-29)63-56(65-57)30-19-22-37-36-20-17-28(25-44(36)68-46(37)27-30)31-23-24-41(54-47(31)38-12-4-8-16-43(38)69-54)66-39-13-5-1-9-32(39)33-10-2-6-14-40(33)66/h1-27H,58-62H2. The zero-order valence-corrected chi connectivity index (χ0v) is 38.6. The third kappa shape index (κ3) is 5.85. The fraction of sp³-hybridized carbons (Fsp3) is 0. The molecule has 0 atom stereocenters. The summed E-state index contributed by atoms with van der Waals surface area (Å²) < 4.78 is 22.3. The molecule has 14 aromatic rings. The fourth-order valence-corrected chi connectivity index (χ4v) is 10.9. The summed E-state index contributed by atoms with van der Waals surface area (Å²) in [6.45, 7) is 0. The molecule has 12 heteroatoms. The highest BCUT2D eigenvalue weighted by molar-refractivity contribution is 6.68. The van der Waals surface area contributed by atoms with E-state index in [0.717, 1.165) is 121 Å². The van der Waals surface area contributed by atoms with Gasteiger partial charge in [-0.3, -0.25) is 0 Å². The van der Waals surface area contributed by atoms with Crippen LogP contribution >= 0.6 is 0 Å². The highest BCUT2D eigenvalue weighted by Gasteiger charge is 2.23. The Morgan fingerprint density at radius 1 is 0.348 bits per heavy atom. The van der Waals surface area contributed by atoms with Gasteiger partial charge in [0, 0.05) is 59.8 Å². The van der Waals surface area contributed by atoms with Gasteiger partial charge in [0.05, 0.1) is 16.7 Å². The average Bonchev–Trinajstić information content (AvgIpc) is 4.16. The fourth-order valence-electron chi connectivity index (χ4n) is 10.9. The van der Waals surface area contributed by atoms with Crippen LogP contribution in [0, 0.1) is 0 Å². The molecule has 0 unspecified atom stereocenters. The molecule has 0 fully saturated rings. The van der Waals surface area contributed by atoms with E-state index in [-0.39, 0.29) is 0 Å². The highest BCUT2D eigenvalue weighted by atomic mass is 16.3. The van der Waals surface area contributed by atoms with Crippen molar-refractivity contribution in [2.45, 2.75) is 0 Å². The van der Waals surface area contributed by atoms with Crippen molar-refractivity contribution in [2.24, 2.45) is 0 Å². The Labute approximate surface area is 399 Å². The van der Waals surface area contributed by atoms with Crippen LogP contribution in [0.25, 0.3) is 139 Å². The van der Waals surface area contributed by atoms with Crippen LogP contribution < -0.4 is 27.3 Å². The predicted molar refractivity (Wildman–Crippen MR) is 299 cm³/mol. The molecular formula is C57H37B5N4O3. The maximum absolute atomic E-state index is 6.83. The zero-order chi connectivity index (χ0) is 46.2. The Morgan fingerprint density at radius 3 is 1.38 bits per heavy atom. The van der Waals surface area contributed by atoms with E-state index in [4.69, 9.17) is 28.2 Å². The minimum absolute atomic E-state index is 0.565. The number of para-hydroxylation sites is 4. The lowest BCUT2D eigenvalue weighted by atomic mass is 9.60. The molecule has 318 valence electrons. The van der Waals surface area contributed by atoms with Crippen molar-refractivity contribution in [1.82, 2.24) is 19.5 Å². The lowest BCUT2D eigenvalue weighted by molar-refractivity contribution is 0.666. The smallest absolute Gasteiger partial charge is 0.164 e. The van der Waals surface area contributed by atoms with Crippen LogP contribution in [-0.2, 0) is 0 Å². The van der Waals surface area contributed by atoms with Crippen LogP contribution in [-0.4, -0.2) is 58.8 Å². The first-order valence-corrected chi connectivity index (χ1v) is 23.4. The second-order valence-corrected chi connectivity index (χ2v) is 18.4. The van der Waals surface area contributed by atoms with E-state index in [9.17, 15) is 0 Å². The topological polar surface area (TPSA) is 83.0 Å². The Morgan fingerprint density at radius 2 is 0.783 bits per heavy atom. The van der Waals surface area contributed by atoms with Gasteiger partial charge in [0.25, 0.3) is 0 Å². The molecule has 0 aliphatic rings. The van der Waals surface area contributed by atoms with Gasteiger partial charge in [-0.05, 0) is 77.9 Å². The Kier molecular flexibility index (Phi) is 8.48. The third-order valence-electron chi connectivity index (χ3n) is 14.9. The molecule has 0 N–H and O–H groups in total. The summed E-state index contributed by atoms with van der Waals surface area (Å²) in [7, 11) is 10.9. The summed E-state index contributed by atoms with van der Waals surface area (Å²) in [6.07, 6.45) is 0. The third-order valence-corrected chi connectivity index (χ3v) is 14.9. The SMILES string of the molecule is Bc1c(B)c(B)c(-c2nc(-c3ccc4c(c3)oc3ccccc34)nc(-c3ccc4c(c3)oc3cc(-c5ccc(-n6c7ccccc7c7ccccc76)c6oc7ccccc7c56)ccc34)n2)c(B)c1B. The van der Waals surface area contributed by atoms with Gasteiger partial charge < -0.3 is 17.8 Å². The molecule has 0 saturated heterocycles. The van der Waals surface area contributed by atoms with Gasteiger partial charge in [0.1, 0.15) is 67.1 Å². The number of benzene rings is 9. The number of rotatable bonds is 5. The molecule has 0 aliphatic carbocycles. The maximum atomic E-state index is 6.83. The summed E-state index contributed by atoms with van der Waals surface area (Å²) in [5, 5.41) is 8.72. The summed E-state index contributed by atoms with van der Waals surface area (Å²) >= 11 is 0. The first kappa shape index (κ1) is 39.7. The van der Waals surface area contributed by atoms with Gasteiger partial charge in [0.2, 0.25) is 0 Å². The van der Waals surface area contributed by atoms with E-state index in [1.807, 2.05) is 30.3 Å². The van der Waals surface area contributed by atoms with Crippen molar-refractivity contribution in [3.63, 3.8) is 0 Å². The molecule has 0 spiro atoms. The molecule has 5 heterocycles. The van der Waals surface area contributed by atoms with Crippen LogP contribution in [0.15, 0.2) is 177 Å². The van der Waals surface area contributed by atoms with E-state index in [2.05, 4.69) is 177 Å². The van der Waals surface area contributed by atoms with Crippen molar-refractivity contribution in [1.29, 1.82) is 0 Å². The molecule has 0 bridgehead atoms. The summed E-state index contributed by atoms with van der Waals surface area (Å²) in [4.78, 5) is 15.7. The molecule has 69 heavy (non-hydrogen) atoms. The second-order valence-electron chi connectivity index (χ2n) is 18.4. The summed E-state index contributed by atoms with van der Waals surface area (Å²) in [5.74, 6) is 1.77. The molecule has 0 saturated carbocycles. The Balaban J connectivity index is 0.921. The van der Waals surface area contributed by atoms with E-state index in [1.165, 1.54) is 27.2 Å². The molecule has 7 nitrogen and oxygen atoms in total. The van der Waals surface area contributed by atoms with Crippen LogP contribution in [0.3, 0.4) is 0 Å². The quantitative estimate of drug-likeness (QED) is 0.181. The molecule has 14 rings (SSSR count). The maximum Gasteiger partial charge on any atom is 0.164 e. The number of furan rings is 3. The normalized spacial score (nSPS) is 12.1. The van der Waals surface area contributed by atoms with Crippen LogP contribution in [0.5, 0.6) is 0 Å². The van der Waals surface area contributed by atoms with Gasteiger partial charge in [0.15, 0.2) is 23.1 Å². The monoisotopic (exact) mass is 880 g/mol. The van der Waals surface area contributed by atoms with Gasteiger partial charge in [-0.1, -0.05) is 108 Å². The Hall–Kier alpha value is -8.49. The van der Waals surface area contributed by atoms with E-state index >= 15 is 0 Å². The first-order chi connectivity index (χ1) is 33.8. The van der Waals surface area contributed by atoms with Gasteiger partial charge in [-0.25, -0.2) is 15.0 Å². The van der Waals surface area contributed by atoms with Crippen molar-refractivity contribution in [2.75, 3.05) is 0 Å². The molecule has 0 radical (unpaired) electrons. The number of hydrogen-bond acceptors (Lipinski definition) is 6. The highest BCUT2D eigenvalue weighted by Crippen LogP contribution is 2.44. The minimum Gasteiger partial charge on any atom is -0.456 e. The van der Waals surface area contributed by atoms with Crippen molar-refractivity contribution >= 4 is 154 Å². The van der Waals surface area contributed by atoms with E-state index in [0.29, 0.717) is 17.5 Å². The lowest BCUT2D eigenvalue weighted by Crippen LogP contribution is -2.55. The van der Waals surface area contributed by atoms with Crippen molar-refractivity contribution < 1.29 is 13.3 Å². The number of aromatic nitrogens is 4. The number of hydrogen-bond donors (Lipinski definition) is 0. The second kappa shape index (κ2) is 14.8. The predicted octanol–water partition coefficient (Wildman–Crippen LogP) is 6.63.